The third kappa shape index (κ3) is 3.92. The average Bonchev–Trinajstić information content (AvgIpc) is 2.98. The molecule has 0 aromatic heterocycles. The summed E-state index contributed by atoms with van der Waals surface area (Å²) in [6, 6.07) is 10.8. The molecule has 0 saturated heterocycles. The fraction of sp³-hybridized carbons (Fsp3) is 0.400. The maximum atomic E-state index is 12.6. The molecule has 0 bridgehead atoms. The first-order valence-electron chi connectivity index (χ1n) is 10.5. The van der Waals surface area contributed by atoms with Gasteiger partial charge in [0, 0.05) is 23.6 Å². The van der Waals surface area contributed by atoms with Crippen LogP contribution in [0.4, 0.5) is 0 Å². The maximum Gasteiger partial charge on any atom is 0.338 e. The van der Waals surface area contributed by atoms with E-state index >= 15 is 0 Å². The summed E-state index contributed by atoms with van der Waals surface area (Å²) in [5.74, 6) is 1.14. The largest absolute Gasteiger partial charge is 0.493 e. The molecular formula is C25H28ClNO4. The van der Waals surface area contributed by atoms with E-state index in [1.807, 2.05) is 19.1 Å². The highest BCUT2D eigenvalue weighted by Crippen LogP contribution is 2.54. The second-order valence-corrected chi connectivity index (χ2v) is 8.86. The summed E-state index contributed by atoms with van der Waals surface area (Å²) in [7, 11) is 3.78. The Morgan fingerprint density at radius 3 is 2.77 bits per heavy atom. The minimum atomic E-state index is -0.369. The molecule has 0 saturated carbocycles. The van der Waals surface area contributed by atoms with E-state index in [0.29, 0.717) is 17.0 Å². The Bertz CT molecular complexity index is 990. The van der Waals surface area contributed by atoms with E-state index in [4.69, 9.17) is 25.8 Å². The number of ether oxygens (including phenoxy) is 3. The number of hydrogen-bond acceptors (Lipinski definition) is 5. The van der Waals surface area contributed by atoms with Gasteiger partial charge in [0.15, 0.2) is 11.5 Å². The third-order valence-corrected chi connectivity index (χ3v) is 6.63. The van der Waals surface area contributed by atoms with Crippen molar-refractivity contribution in [3.8, 4) is 11.5 Å². The van der Waals surface area contributed by atoms with E-state index in [1.54, 1.807) is 31.4 Å². The number of methoxy groups -OCH3 is 1. The Morgan fingerprint density at radius 2 is 2.10 bits per heavy atom. The van der Waals surface area contributed by atoms with E-state index in [1.165, 1.54) is 5.56 Å². The van der Waals surface area contributed by atoms with Crippen LogP contribution in [0.5, 0.6) is 11.5 Å². The zero-order valence-corrected chi connectivity index (χ0v) is 18.9. The number of nitrogens with zero attached hydrogens (tertiary/aromatic N) is 1. The molecule has 6 heteroatoms. The van der Waals surface area contributed by atoms with Crippen molar-refractivity contribution < 1.29 is 19.0 Å². The van der Waals surface area contributed by atoms with E-state index in [0.717, 1.165) is 36.6 Å². The second kappa shape index (κ2) is 8.56. The Kier molecular flexibility index (Phi) is 6.00. The summed E-state index contributed by atoms with van der Waals surface area (Å²) in [6.07, 6.45) is 2.90. The quantitative estimate of drug-likeness (QED) is 0.466. The molecule has 0 fully saturated rings. The predicted octanol–water partition coefficient (Wildman–Crippen LogP) is 5.00. The van der Waals surface area contributed by atoms with Gasteiger partial charge in [-0.05, 0) is 62.8 Å². The third-order valence-electron chi connectivity index (χ3n) is 6.37. The first-order chi connectivity index (χ1) is 14.9. The number of benzene rings is 2. The van der Waals surface area contributed by atoms with E-state index in [-0.39, 0.29) is 23.6 Å². The topological polar surface area (TPSA) is 48.0 Å². The van der Waals surface area contributed by atoms with Crippen molar-refractivity contribution in [3.05, 3.63) is 70.8 Å². The Labute approximate surface area is 188 Å². The monoisotopic (exact) mass is 441 g/mol. The summed E-state index contributed by atoms with van der Waals surface area (Å²) in [5, 5.41) is 0.581. The van der Waals surface area contributed by atoms with Crippen molar-refractivity contribution in [2.75, 3.05) is 20.7 Å². The SMILES string of the molecule is C=C[C@@]12CCN(C)Cc3ccc(OC)c(c31)OC2C[C@H](C)OC(=O)c1ccc(Cl)cc1. The number of carbonyl (C=O) groups is 1. The smallest absolute Gasteiger partial charge is 0.338 e. The van der Waals surface area contributed by atoms with E-state index in [2.05, 4.69) is 24.6 Å². The van der Waals surface area contributed by atoms with Gasteiger partial charge in [0.05, 0.1) is 18.1 Å². The molecule has 5 nitrogen and oxygen atoms in total. The van der Waals surface area contributed by atoms with Crippen LogP contribution in [0.25, 0.3) is 0 Å². The van der Waals surface area contributed by atoms with Crippen molar-refractivity contribution in [2.24, 2.45) is 0 Å². The molecule has 164 valence electrons. The molecule has 0 aliphatic carbocycles. The van der Waals surface area contributed by atoms with Crippen molar-refractivity contribution in [1.29, 1.82) is 0 Å². The molecule has 4 rings (SSSR count). The van der Waals surface area contributed by atoms with Gasteiger partial charge in [0.25, 0.3) is 0 Å². The lowest BCUT2D eigenvalue weighted by Crippen LogP contribution is -2.40. The first kappa shape index (κ1) is 21.7. The molecule has 2 heterocycles. The highest BCUT2D eigenvalue weighted by Gasteiger charge is 2.51. The van der Waals surface area contributed by atoms with Crippen LogP contribution in [0.15, 0.2) is 49.1 Å². The Hall–Kier alpha value is -2.50. The van der Waals surface area contributed by atoms with Crippen LogP contribution in [0.1, 0.15) is 41.3 Å². The molecular weight excluding hydrogens is 414 g/mol. The number of rotatable bonds is 6. The Morgan fingerprint density at radius 1 is 1.35 bits per heavy atom. The zero-order chi connectivity index (χ0) is 22.2. The lowest BCUT2D eigenvalue weighted by Gasteiger charge is -2.32. The van der Waals surface area contributed by atoms with Gasteiger partial charge in [0.1, 0.15) is 12.2 Å². The van der Waals surface area contributed by atoms with Crippen LogP contribution in [-0.2, 0) is 16.7 Å². The van der Waals surface area contributed by atoms with Gasteiger partial charge in [-0.25, -0.2) is 4.79 Å². The standard InChI is InChI=1S/C25H28ClNO4/c1-5-25-12-13-27(3)15-18-8-11-20(29-4)23(22(18)25)31-21(25)14-16(2)30-24(28)17-6-9-19(26)10-7-17/h5-11,16,21H,1,12-15H2,2-4H3/t16-,21?,25-/m0/s1. The highest BCUT2D eigenvalue weighted by molar-refractivity contribution is 6.30. The molecule has 0 spiro atoms. The van der Waals surface area contributed by atoms with Crippen LogP contribution in [0, 0.1) is 0 Å². The normalized spacial score (nSPS) is 23.3. The predicted molar refractivity (Wildman–Crippen MR) is 121 cm³/mol. The fourth-order valence-electron chi connectivity index (χ4n) is 4.74. The summed E-state index contributed by atoms with van der Waals surface area (Å²) in [5.41, 5.74) is 2.51. The summed E-state index contributed by atoms with van der Waals surface area (Å²) >= 11 is 5.92. The molecule has 3 atom stereocenters. The molecule has 2 aliphatic rings. The Balaban J connectivity index is 1.60. The first-order valence-corrected chi connectivity index (χ1v) is 10.9. The number of halogens is 1. The van der Waals surface area contributed by atoms with Gasteiger partial charge in [-0.1, -0.05) is 23.7 Å². The molecule has 0 radical (unpaired) electrons. The molecule has 2 aliphatic heterocycles. The van der Waals surface area contributed by atoms with Crippen molar-refractivity contribution in [3.63, 3.8) is 0 Å². The van der Waals surface area contributed by atoms with Crippen LogP contribution < -0.4 is 9.47 Å². The van der Waals surface area contributed by atoms with Gasteiger partial charge in [-0.2, -0.15) is 0 Å². The van der Waals surface area contributed by atoms with Crippen LogP contribution >= 0.6 is 11.6 Å². The van der Waals surface area contributed by atoms with Crippen LogP contribution in [0.3, 0.4) is 0 Å². The lowest BCUT2D eigenvalue weighted by molar-refractivity contribution is 0.0186. The highest BCUT2D eigenvalue weighted by atomic mass is 35.5. The number of esters is 1. The van der Waals surface area contributed by atoms with Gasteiger partial charge in [0.2, 0.25) is 0 Å². The average molecular weight is 442 g/mol. The number of carbonyl (C=O) groups excluding carboxylic acids is 1. The maximum absolute atomic E-state index is 12.6. The molecule has 2 aromatic carbocycles. The minimum absolute atomic E-state index is 0.199. The molecule has 0 amide bonds. The summed E-state index contributed by atoms with van der Waals surface area (Å²) in [4.78, 5) is 14.9. The zero-order valence-electron chi connectivity index (χ0n) is 18.2. The number of hydrogen-bond donors (Lipinski definition) is 0. The van der Waals surface area contributed by atoms with E-state index < -0.39 is 0 Å². The molecule has 2 aromatic rings. The second-order valence-electron chi connectivity index (χ2n) is 8.43. The fourth-order valence-corrected chi connectivity index (χ4v) is 4.87. The van der Waals surface area contributed by atoms with Gasteiger partial charge in [-0.15, -0.1) is 6.58 Å². The van der Waals surface area contributed by atoms with Crippen LogP contribution in [-0.4, -0.2) is 43.8 Å². The molecule has 31 heavy (non-hydrogen) atoms. The van der Waals surface area contributed by atoms with Crippen molar-refractivity contribution >= 4 is 17.6 Å². The van der Waals surface area contributed by atoms with Crippen molar-refractivity contribution in [2.45, 2.75) is 43.9 Å². The molecule has 1 unspecified atom stereocenters. The molecule has 0 N–H and O–H groups in total. The summed E-state index contributed by atoms with van der Waals surface area (Å²) < 4.78 is 17.8. The van der Waals surface area contributed by atoms with Gasteiger partial charge < -0.3 is 19.1 Å². The minimum Gasteiger partial charge on any atom is -0.493 e. The van der Waals surface area contributed by atoms with Gasteiger partial charge in [-0.3, -0.25) is 0 Å². The van der Waals surface area contributed by atoms with Crippen LogP contribution in [0.2, 0.25) is 5.02 Å². The van der Waals surface area contributed by atoms with Gasteiger partial charge >= 0.3 is 5.97 Å². The summed E-state index contributed by atoms with van der Waals surface area (Å²) in [6.45, 7) is 7.86. The van der Waals surface area contributed by atoms with Crippen molar-refractivity contribution in [1.82, 2.24) is 4.90 Å². The van der Waals surface area contributed by atoms with E-state index in [9.17, 15) is 4.79 Å². The lowest BCUT2D eigenvalue weighted by atomic mass is 9.72.